The Labute approximate surface area is 194 Å². The Morgan fingerprint density at radius 3 is 2.66 bits per heavy atom. The van der Waals surface area contributed by atoms with Gasteiger partial charge in [-0.25, -0.2) is 4.98 Å². The summed E-state index contributed by atoms with van der Waals surface area (Å²) in [5.41, 5.74) is 3.08. The molecule has 0 saturated heterocycles. The van der Waals surface area contributed by atoms with Crippen molar-refractivity contribution in [3.8, 4) is 23.0 Å². The highest BCUT2D eigenvalue weighted by atomic mass is 35.5. The van der Waals surface area contributed by atoms with E-state index in [9.17, 15) is 4.79 Å². The first kappa shape index (κ1) is 21.6. The molecule has 7 nitrogen and oxygen atoms in total. The van der Waals surface area contributed by atoms with E-state index in [1.807, 2.05) is 24.3 Å². The summed E-state index contributed by atoms with van der Waals surface area (Å²) in [6, 6.07) is 17.5. The largest absolute Gasteiger partial charge is 0.497 e. The number of hydrogen-bond donors (Lipinski definition) is 2. The van der Waals surface area contributed by atoms with Crippen LogP contribution in [0, 0.1) is 0 Å². The first-order valence-corrected chi connectivity index (χ1v) is 10.3. The summed E-state index contributed by atoms with van der Waals surface area (Å²) in [6.07, 6.45) is 0. The Kier molecular flexibility index (Phi) is 6.25. The van der Waals surface area contributed by atoms with Gasteiger partial charge >= 0.3 is 0 Å². The van der Waals surface area contributed by atoms with Crippen molar-refractivity contribution in [2.24, 2.45) is 0 Å². The first-order chi connectivity index (χ1) is 15.5. The number of carbonyl (C=O) groups is 1. The van der Waals surface area contributed by atoms with E-state index in [2.05, 4.69) is 15.6 Å². The lowest BCUT2D eigenvalue weighted by atomic mass is 10.2. The Morgan fingerprint density at radius 1 is 1.06 bits per heavy atom. The predicted octanol–water partition coefficient (Wildman–Crippen LogP) is 5.29. The van der Waals surface area contributed by atoms with Gasteiger partial charge in [-0.15, -0.1) is 0 Å². The van der Waals surface area contributed by atoms with Gasteiger partial charge in [0.05, 0.1) is 19.2 Å². The number of oxazole rings is 1. The van der Waals surface area contributed by atoms with Crippen molar-refractivity contribution < 1.29 is 18.7 Å². The van der Waals surface area contributed by atoms with Crippen LogP contribution in [0.4, 0.5) is 5.69 Å². The van der Waals surface area contributed by atoms with Crippen molar-refractivity contribution in [3.63, 3.8) is 0 Å². The lowest BCUT2D eigenvalue weighted by Gasteiger charge is -2.10. The lowest BCUT2D eigenvalue weighted by molar-refractivity contribution is 0.0977. The normalized spacial score (nSPS) is 10.6. The predicted molar refractivity (Wildman–Crippen MR) is 128 cm³/mol. The van der Waals surface area contributed by atoms with Crippen LogP contribution < -0.4 is 20.1 Å². The average Bonchev–Trinajstić information content (AvgIpc) is 3.22. The van der Waals surface area contributed by atoms with E-state index < -0.39 is 5.91 Å². The molecule has 0 aliphatic carbocycles. The van der Waals surface area contributed by atoms with Gasteiger partial charge in [0.1, 0.15) is 17.0 Å². The number of anilines is 1. The van der Waals surface area contributed by atoms with Gasteiger partial charge in [0.15, 0.2) is 10.7 Å². The van der Waals surface area contributed by atoms with Crippen LogP contribution in [-0.2, 0) is 0 Å². The number of methoxy groups -OCH3 is 2. The van der Waals surface area contributed by atoms with E-state index in [4.69, 9.17) is 37.7 Å². The third-order valence-electron chi connectivity index (χ3n) is 4.60. The van der Waals surface area contributed by atoms with Gasteiger partial charge < -0.3 is 19.2 Å². The topological polar surface area (TPSA) is 85.6 Å². The molecule has 0 saturated carbocycles. The number of nitrogens with one attached hydrogen (secondary N) is 2. The summed E-state index contributed by atoms with van der Waals surface area (Å²) in [5, 5.41) is 6.08. The van der Waals surface area contributed by atoms with Crippen LogP contribution in [0.15, 0.2) is 65.1 Å². The SMILES string of the molecule is COc1cccc(-c2nc3cc(NC(=S)NC(=O)c4ccc(OC)c(Cl)c4)ccc3o2)c1. The number of aromatic nitrogens is 1. The van der Waals surface area contributed by atoms with E-state index >= 15 is 0 Å². The molecule has 1 heterocycles. The van der Waals surface area contributed by atoms with E-state index in [-0.39, 0.29) is 5.11 Å². The molecule has 0 radical (unpaired) electrons. The molecule has 4 rings (SSSR count). The van der Waals surface area contributed by atoms with Crippen molar-refractivity contribution in [3.05, 3.63) is 71.2 Å². The van der Waals surface area contributed by atoms with Gasteiger partial charge in [0.2, 0.25) is 5.89 Å². The molecular weight excluding hydrogens is 450 g/mol. The standard InChI is InChI=1S/C23H18ClN3O4S/c1-29-16-5-3-4-14(10-16)22-26-18-12-15(7-9-20(18)31-22)25-23(32)27-21(28)13-6-8-19(30-2)17(24)11-13/h3-12H,1-2H3,(H2,25,27,28,32). The smallest absolute Gasteiger partial charge is 0.257 e. The maximum absolute atomic E-state index is 12.4. The van der Waals surface area contributed by atoms with Crippen LogP contribution in [0.2, 0.25) is 5.02 Å². The van der Waals surface area contributed by atoms with Crippen LogP contribution in [0.5, 0.6) is 11.5 Å². The molecule has 2 N–H and O–H groups in total. The van der Waals surface area contributed by atoms with Gasteiger partial charge in [-0.3, -0.25) is 10.1 Å². The van der Waals surface area contributed by atoms with Gasteiger partial charge in [-0.2, -0.15) is 0 Å². The Balaban J connectivity index is 1.47. The minimum atomic E-state index is -0.394. The quantitative estimate of drug-likeness (QED) is 0.385. The minimum absolute atomic E-state index is 0.137. The van der Waals surface area contributed by atoms with Crippen LogP contribution in [0.1, 0.15) is 10.4 Å². The highest BCUT2D eigenvalue weighted by Crippen LogP contribution is 2.28. The Morgan fingerprint density at radius 2 is 1.91 bits per heavy atom. The number of hydrogen-bond acceptors (Lipinski definition) is 6. The fourth-order valence-corrected chi connectivity index (χ4v) is 3.50. The molecule has 0 unspecified atom stereocenters. The van der Waals surface area contributed by atoms with Crippen molar-refractivity contribution in [1.82, 2.24) is 10.3 Å². The molecule has 3 aromatic carbocycles. The van der Waals surface area contributed by atoms with Gasteiger partial charge in [-0.05, 0) is 66.8 Å². The van der Waals surface area contributed by atoms with Crippen molar-refractivity contribution in [2.45, 2.75) is 0 Å². The summed E-state index contributed by atoms with van der Waals surface area (Å²) >= 11 is 11.3. The van der Waals surface area contributed by atoms with Gasteiger partial charge in [-0.1, -0.05) is 17.7 Å². The zero-order valence-electron chi connectivity index (χ0n) is 17.1. The molecule has 1 amide bonds. The number of amides is 1. The second-order valence-electron chi connectivity index (χ2n) is 6.69. The fourth-order valence-electron chi connectivity index (χ4n) is 3.03. The molecule has 0 spiro atoms. The van der Waals surface area contributed by atoms with E-state index in [1.165, 1.54) is 13.2 Å². The van der Waals surface area contributed by atoms with Crippen LogP contribution >= 0.6 is 23.8 Å². The molecule has 0 atom stereocenters. The Bertz CT molecular complexity index is 1320. The summed E-state index contributed by atoms with van der Waals surface area (Å²) < 4.78 is 16.2. The molecular formula is C23H18ClN3O4S. The molecule has 4 aromatic rings. The van der Waals surface area contributed by atoms with E-state index in [0.29, 0.717) is 44.8 Å². The molecule has 0 fully saturated rings. The van der Waals surface area contributed by atoms with Crippen molar-refractivity contribution >= 4 is 51.6 Å². The number of fused-ring (bicyclic) bond motifs is 1. The van der Waals surface area contributed by atoms with Crippen LogP contribution in [0.3, 0.4) is 0 Å². The molecule has 162 valence electrons. The zero-order valence-corrected chi connectivity index (χ0v) is 18.7. The first-order valence-electron chi connectivity index (χ1n) is 9.47. The number of carbonyl (C=O) groups excluding carboxylic acids is 1. The molecule has 9 heteroatoms. The number of ether oxygens (including phenoxy) is 2. The number of thiocarbonyl (C=S) groups is 1. The monoisotopic (exact) mass is 467 g/mol. The summed E-state index contributed by atoms with van der Waals surface area (Å²) in [5.74, 6) is 1.28. The molecule has 0 aliphatic heterocycles. The van der Waals surface area contributed by atoms with Crippen LogP contribution in [-0.4, -0.2) is 30.2 Å². The number of nitrogens with zero attached hydrogens (tertiary/aromatic N) is 1. The summed E-state index contributed by atoms with van der Waals surface area (Å²) in [6.45, 7) is 0. The maximum Gasteiger partial charge on any atom is 0.257 e. The second-order valence-corrected chi connectivity index (χ2v) is 7.51. The molecule has 32 heavy (non-hydrogen) atoms. The average molecular weight is 468 g/mol. The van der Waals surface area contributed by atoms with Crippen LogP contribution in [0.25, 0.3) is 22.6 Å². The zero-order chi connectivity index (χ0) is 22.7. The molecule has 0 aliphatic rings. The van der Waals surface area contributed by atoms with Crippen molar-refractivity contribution in [1.29, 1.82) is 0 Å². The highest BCUT2D eigenvalue weighted by molar-refractivity contribution is 7.80. The summed E-state index contributed by atoms with van der Waals surface area (Å²) in [4.78, 5) is 17.0. The fraction of sp³-hybridized carbons (Fsp3) is 0.0870. The third-order valence-corrected chi connectivity index (χ3v) is 5.10. The highest BCUT2D eigenvalue weighted by Gasteiger charge is 2.13. The minimum Gasteiger partial charge on any atom is -0.497 e. The van der Waals surface area contributed by atoms with E-state index in [0.717, 1.165) is 5.56 Å². The Hall–Kier alpha value is -3.62. The van der Waals surface area contributed by atoms with E-state index in [1.54, 1.807) is 37.4 Å². The van der Waals surface area contributed by atoms with Gasteiger partial charge in [0, 0.05) is 16.8 Å². The number of rotatable bonds is 5. The lowest BCUT2D eigenvalue weighted by Crippen LogP contribution is -2.34. The second kappa shape index (κ2) is 9.25. The summed E-state index contributed by atoms with van der Waals surface area (Å²) in [7, 11) is 3.11. The number of halogens is 1. The van der Waals surface area contributed by atoms with Gasteiger partial charge in [0.25, 0.3) is 5.91 Å². The molecule has 0 bridgehead atoms. The molecule has 1 aromatic heterocycles. The number of benzene rings is 3. The van der Waals surface area contributed by atoms with Crippen molar-refractivity contribution in [2.75, 3.05) is 19.5 Å². The third kappa shape index (κ3) is 4.66. The maximum atomic E-state index is 12.4.